The molecule has 0 saturated carbocycles. The number of benzene rings is 1. The van der Waals surface area contributed by atoms with Crippen molar-refractivity contribution in [1.29, 1.82) is 0 Å². The molecule has 1 amide bonds. The van der Waals surface area contributed by atoms with Crippen LogP contribution in [0.2, 0.25) is 5.02 Å². The second kappa shape index (κ2) is 6.54. The third kappa shape index (κ3) is 3.49. The Labute approximate surface area is 128 Å². The van der Waals surface area contributed by atoms with Gasteiger partial charge in [-0.05, 0) is 36.8 Å². The minimum Gasteiger partial charge on any atom is -0.372 e. The normalized spacial score (nSPS) is 11.8. The van der Waals surface area contributed by atoms with E-state index in [0.29, 0.717) is 16.5 Å². The molecule has 0 fully saturated rings. The van der Waals surface area contributed by atoms with Gasteiger partial charge in [0.25, 0.3) is 5.91 Å². The van der Waals surface area contributed by atoms with Crippen molar-refractivity contribution < 1.29 is 4.79 Å². The van der Waals surface area contributed by atoms with Gasteiger partial charge in [-0.15, -0.1) is 10.2 Å². The summed E-state index contributed by atoms with van der Waals surface area (Å²) in [6.45, 7) is 1.94. The number of nitrogens with zero attached hydrogens (tertiary/aromatic N) is 3. The summed E-state index contributed by atoms with van der Waals surface area (Å²) in [5.74, 6) is 0.440. The summed E-state index contributed by atoms with van der Waals surface area (Å²) in [7, 11) is 3.49. The first kappa shape index (κ1) is 15.3. The zero-order chi connectivity index (χ0) is 15.4. The van der Waals surface area contributed by atoms with E-state index in [9.17, 15) is 4.79 Å². The summed E-state index contributed by atoms with van der Waals surface area (Å²) in [5.41, 5.74) is 1.28. The van der Waals surface area contributed by atoms with Gasteiger partial charge in [0, 0.05) is 19.1 Å². The molecule has 21 heavy (non-hydrogen) atoms. The first-order valence-corrected chi connectivity index (χ1v) is 6.95. The molecule has 110 valence electrons. The summed E-state index contributed by atoms with van der Waals surface area (Å²) in [4.78, 5) is 14.0. The van der Waals surface area contributed by atoms with Crippen LogP contribution < -0.4 is 5.32 Å². The molecule has 6 heteroatoms. The van der Waals surface area contributed by atoms with Crippen molar-refractivity contribution in [2.45, 2.75) is 13.0 Å². The molecule has 1 aromatic heterocycles. The molecule has 1 atom stereocenters. The molecule has 2 rings (SSSR count). The third-order valence-corrected chi connectivity index (χ3v) is 3.61. The van der Waals surface area contributed by atoms with Gasteiger partial charge < -0.3 is 10.2 Å². The number of carbonyl (C=O) groups excluding carboxylic acids is 1. The van der Waals surface area contributed by atoms with Gasteiger partial charge in [0.05, 0.1) is 6.04 Å². The van der Waals surface area contributed by atoms with E-state index in [1.54, 1.807) is 31.1 Å². The fraction of sp³-hybridized carbons (Fsp3) is 0.267. The predicted molar refractivity (Wildman–Crippen MR) is 83.5 cm³/mol. The molecule has 1 unspecified atom stereocenters. The van der Waals surface area contributed by atoms with Crippen LogP contribution in [0.25, 0.3) is 0 Å². The van der Waals surface area contributed by atoms with Crippen LogP contribution in [0.5, 0.6) is 0 Å². The Morgan fingerprint density at radius 2 is 2.05 bits per heavy atom. The van der Waals surface area contributed by atoms with Gasteiger partial charge >= 0.3 is 0 Å². The Hall–Kier alpha value is -2.14. The van der Waals surface area contributed by atoms with Crippen LogP contribution in [-0.4, -0.2) is 35.1 Å². The number of halogens is 1. The van der Waals surface area contributed by atoms with E-state index in [1.807, 2.05) is 31.2 Å². The predicted octanol–water partition coefficient (Wildman–Crippen LogP) is 3.00. The highest BCUT2D eigenvalue weighted by Crippen LogP contribution is 2.23. The number of aromatic nitrogens is 2. The molecule has 1 aromatic carbocycles. The standard InChI is InChI=1S/C15H17ClN4O/c1-10(11-5-4-6-12(16)9-11)20(3)15(21)13-7-8-14(17-2)19-18-13/h4-10H,1-3H3,(H,17,19). The number of amides is 1. The van der Waals surface area contributed by atoms with Gasteiger partial charge in [0.1, 0.15) is 5.82 Å². The highest BCUT2D eigenvalue weighted by Gasteiger charge is 2.20. The highest BCUT2D eigenvalue weighted by molar-refractivity contribution is 6.30. The van der Waals surface area contributed by atoms with E-state index in [-0.39, 0.29) is 11.9 Å². The van der Waals surface area contributed by atoms with Crippen LogP contribution >= 0.6 is 11.6 Å². The van der Waals surface area contributed by atoms with Gasteiger partial charge in [-0.3, -0.25) is 4.79 Å². The molecule has 0 bridgehead atoms. The topological polar surface area (TPSA) is 58.1 Å². The molecule has 0 saturated heterocycles. The largest absolute Gasteiger partial charge is 0.372 e. The first-order valence-electron chi connectivity index (χ1n) is 6.57. The average molecular weight is 305 g/mol. The summed E-state index contributed by atoms with van der Waals surface area (Å²) >= 11 is 5.99. The molecule has 0 aliphatic carbocycles. The summed E-state index contributed by atoms with van der Waals surface area (Å²) < 4.78 is 0. The van der Waals surface area contributed by atoms with Crippen LogP contribution in [0.15, 0.2) is 36.4 Å². The minimum atomic E-state index is -0.183. The molecule has 0 spiro atoms. The smallest absolute Gasteiger partial charge is 0.274 e. The minimum absolute atomic E-state index is 0.109. The molecule has 0 radical (unpaired) electrons. The Morgan fingerprint density at radius 3 is 2.62 bits per heavy atom. The number of hydrogen-bond donors (Lipinski definition) is 1. The fourth-order valence-corrected chi connectivity index (χ4v) is 2.13. The van der Waals surface area contributed by atoms with Gasteiger partial charge in [-0.25, -0.2) is 0 Å². The number of nitrogens with one attached hydrogen (secondary N) is 1. The summed E-state index contributed by atoms with van der Waals surface area (Å²) in [6.07, 6.45) is 0. The number of anilines is 1. The maximum absolute atomic E-state index is 12.4. The second-order valence-corrected chi connectivity index (χ2v) is 5.14. The monoisotopic (exact) mass is 304 g/mol. The molecule has 1 heterocycles. The van der Waals surface area contributed by atoms with Crippen LogP contribution in [0, 0.1) is 0 Å². The average Bonchev–Trinajstić information content (AvgIpc) is 2.53. The lowest BCUT2D eigenvalue weighted by Crippen LogP contribution is -2.30. The van der Waals surface area contributed by atoms with E-state index < -0.39 is 0 Å². The molecule has 0 aliphatic heterocycles. The molecule has 0 aliphatic rings. The van der Waals surface area contributed by atoms with Crippen molar-refractivity contribution in [1.82, 2.24) is 15.1 Å². The SMILES string of the molecule is CNc1ccc(C(=O)N(C)C(C)c2cccc(Cl)c2)nn1. The van der Waals surface area contributed by atoms with Crippen molar-refractivity contribution in [2.75, 3.05) is 19.4 Å². The lowest BCUT2D eigenvalue weighted by Gasteiger charge is -2.25. The highest BCUT2D eigenvalue weighted by atomic mass is 35.5. The molecule has 2 aromatic rings. The van der Waals surface area contributed by atoms with Crippen molar-refractivity contribution in [3.63, 3.8) is 0 Å². The van der Waals surface area contributed by atoms with Gasteiger partial charge in [-0.1, -0.05) is 23.7 Å². The molecular weight excluding hydrogens is 288 g/mol. The fourth-order valence-electron chi connectivity index (χ4n) is 1.93. The molecular formula is C15H17ClN4O. The second-order valence-electron chi connectivity index (χ2n) is 4.70. The van der Waals surface area contributed by atoms with E-state index in [1.165, 1.54) is 0 Å². The number of rotatable bonds is 4. The zero-order valence-electron chi connectivity index (χ0n) is 12.2. The van der Waals surface area contributed by atoms with Crippen LogP contribution in [-0.2, 0) is 0 Å². The van der Waals surface area contributed by atoms with E-state index >= 15 is 0 Å². The van der Waals surface area contributed by atoms with Gasteiger partial charge in [0.15, 0.2) is 5.69 Å². The van der Waals surface area contributed by atoms with Crippen LogP contribution in [0.1, 0.15) is 29.0 Å². The Bertz CT molecular complexity index is 630. The Morgan fingerprint density at radius 1 is 1.29 bits per heavy atom. The van der Waals surface area contributed by atoms with Gasteiger partial charge in [-0.2, -0.15) is 0 Å². The Kier molecular flexibility index (Phi) is 4.75. The molecule has 1 N–H and O–H groups in total. The Balaban J connectivity index is 2.17. The third-order valence-electron chi connectivity index (χ3n) is 3.37. The van der Waals surface area contributed by atoms with Crippen molar-refractivity contribution in [3.8, 4) is 0 Å². The lowest BCUT2D eigenvalue weighted by molar-refractivity contribution is 0.0735. The number of carbonyl (C=O) groups is 1. The molecule has 5 nitrogen and oxygen atoms in total. The van der Waals surface area contributed by atoms with Crippen LogP contribution in [0.3, 0.4) is 0 Å². The van der Waals surface area contributed by atoms with E-state index in [4.69, 9.17) is 11.6 Å². The van der Waals surface area contributed by atoms with Gasteiger partial charge in [0.2, 0.25) is 0 Å². The number of hydrogen-bond acceptors (Lipinski definition) is 4. The van der Waals surface area contributed by atoms with Crippen molar-refractivity contribution in [3.05, 3.63) is 52.7 Å². The maximum Gasteiger partial charge on any atom is 0.274 e. The van der Waals surface area contributed by atoms with Crippen molar-refractivity contribution in [2.24, 2.45) is 0 Å². The maximum atomic E-state index is 12.4. The summed E-state index contributed by atoms with van der Waals surface area (Å²) in [5, 5.41) is 11.4. The first-order chi connectivity index (χ1) is 10.0. The van der Waals surface area contributed by atoms with Crippen LogP contribution in [0.4, 0.5) is 5.82 Å². The quantitative estimate of drug-likeness (QED) is 0.943. The van der Waals surface area contributed by atoms with E-state index in [2.05, 4.69) is 15.5 Å². The van der Waals surface area contributed by atoms with Crippen molar-refractivity contribution >= 4 is 23.3 Å². The zero-order valence-corrected chi connectivity index (χ0v) is 12.9. The lowest BCUT2D eigenvalue weighted by atomic mass is 10.1. The summed E-state index contributed by atoms with van der Waals surface area (Å²) in [6, 6.07) is 10.7. The van der Waals surface area contributed by atoms with E-state index in [0.717, 1.165) is 5.56 Å².